The Morgan fingerprint density at radius 2 is 1.57 bits per heavy atom. The Morgan fingerprint density at radius 1 is 0.857 bits per heavy atom. The zero-order valence-electron chi connectivity index (χ0n) is 12.5. The molecule has 1 N–H and O–H groups in total. The van der Waals surface area contributed by atoms with E-state index in [0.29, 0.717) is 6.61 Å². The first-order valence-electron chi connectivity index (χ1n) is 7.47. The van der Waals surface area contributed by atoms with Gasteiger partial charge in [-0.1, -0.05) is 48.5 Å². The van der Waals surface area contributed by atoms with Gasteiger partial charge < -0.3 is 14.8 Å². The minimum atomic E-state index is 0.649. The van der Waals surface area contributed by atoms with Gasteiger partial charge in [0.15, 0.2) is 0 Å². The number of para-hydroxylation sites is 1. The Morgan fingerprint density at radius 3 is 2.38 bits per heavy atom. The minimum absolute atomic E-state index is 0.649. The van der Waals surface area contributed by atoms with Crippen LogP contribution in [0.1, 0.15) is 6.92 Å². The lowest BCUT2D eigenvalue weighted by molar-refractivity contribution is 0.148. The lowest BCUT2D eigenvalue weighted by Gasteiger charge is -2.12. The molecular weight excluding hydrogens is 262 g/mol. The second-order valence-electron chi connectivity index (χ2n) is 4.66. The topological polar surface area (TPSA) is 30.5 Å². The van der Waals surface area contributed by atoms with Gasteiger partial charge in [0.05, 0.1) is 6.61 Å². The van der Waals surface area contributed by atoms with Crippen molar-refractivity contribution in [3.8, 4) is 16.9 Å². The van der Waals surface area contributed by atoms with Crippen LogP contribution < -0.4 is 10.1 Å². The molecule has 0 unspecified atom stereocenters. The van der Waals surface area contributed by atoms with Crippen LogP contribution in [0.25, 0.3) is 11.1 Å². The molecule has 0 saturated heterocycles. The fourth-order valence-corrected chi connectivity index (χ4v) is 2.10. The van der Waals surface area contributed by atoms with E-state index in [1.165, 1.54) is 5.56 Å². The zero-order chi connectivity index (χ0) is 14.8. The number of ether oxygens (including phenoxy) is 2. The fourth-order valence-electron chi connectivity index (χ4n) is 2.10. The highest BCUT2D eigenvalue weighted by Crippen LogP contribution is 2.29. The van der Waals surface area contributed by atoms with E-state index >= 15 is 0 Å². The SMILES string of the molecule is CCOCCNCCOc1ccccc1-c1ccccc1. The predicted molar refractivity (Wildman–Crippen MR) is 86.7 cm³/mol. The van der Waals surface area contributed by atoms with Crippen molar-refractivity contribution in [3.05, 3.63) is 54.6 Å². The molecule has 0 fully saturated rings. The molecule has 2 aromatic carbocycles. The summed E-state index contributed by atoms with van der Waals surface area (Å²) in [4.78, 5) is 0. The molecule has 0 aliphatic carbocycles. The number of hydrogen-bond donors (Lipinski definition) is 1. The van der Waals surface area contributed by atoms with Crippen molar-refractivity contribution in [2.45, 2.75) is 6.92 Å². The highest BCUT2D eigenvalue weighted by Gasteiger charge is 2.04. The van der Waals surface area contributed by atoms with E-state index in [-0.39, 0.29) is 0 Å². The van der Waals surface area contributed by atoms with Crippen LogP contribution in [-0.2, 0) is 4.74 Å². The van der Waals surface area contributed by atoms with Crippen molar-refractivity contribution >= 4 is 0 Å². The highest BCUT2D eigenvalue weighted by atomic mass is 16.5. The Bertz CT molecular complexity index is 514. The fraction of sp³-hybridized carbons (Fsp3) is 0.333. The molecule has 0 saturated carbocycles. The number of nitrogens with one attached hydrogen (secondary N) is 1. The first-order chi connectivity index (χ1) is 10.4. The van der Waals surface area contributed by atoms with Gasteiger partial charge in [-0.15, -0.1) is 0 Å². The molecular formula is C18H23NO2. The van der Waals surface area contributed by atoms with Gasteiger partial charge in [-0.3, -0.25) is 0 Å². The van der Waals surface area contributed by atoms with E-state index < -0.39 is 0 Å². The van der Waals surface area contributed by atoms with Crippen LogP contribution in [0, 0.1) is 0 Å². The van der Waals surface area contributed by atoms with Gasteiger partial charge in [0.2, 0.25) is 0 Å². The lowest BCUT2D eigenvalue weighted by Crippen LogP contribution is -2.25. The van der Waals surface area contributed by atoms with Crippen LogP contribution >= 0.6 is 0 Å². The van der Waals surface area contributed by atoms with Gasteiger partial charge in [-0.25, -0.2) is 0 Å². The van der Waals surface area contributed by atoms with Crippen molar-refractivity contribution < 1.29 is 9.47 Å². The summed E-state index contributed by atoms with van der Waals surface area (Å²) in [6.07, 6.45) is 0. The first-order valence-corrected chi connectivity index (χ1v) is 7.47. The van der Waals surface area contributed by atoms with Crippen LogP contribution in [0.15, 0.2) is 54.6 Å². The zero-order valence-corrected chi connectivity index (χ0v) is 12.5. The molecule has 3 heteroatoms. The standard InChI is InChI=1S/C18H23NO2/c1-2-20-14-12-19-13-15-21-18-11-7-6-10-17(18)16-8-4-3-5-9-16/h3-11,19H,2,12-15H2,1H3. The van der Waals surface area contributed by atoms with Crippen LogP contribution in [0.5, 0.6) is 5.75 Å². The summed E-state index contributed by atoms with van der Waals surface area (Å²) in [7, 11) is 0. The third-order valence-corrected chi connectivity index (χ3v) is 3.14. The van der Waals surface area contributed by atoms with E-state index in [2.05, 4.69) is 23.5 Å². The quantitative estimate of drug-likeness (QED) is 0.717. The Hall–Kier alpha value is -1.84. The average molecular weight is 285 g/mol. The minimum Gasteiger partial charge on any atom is -0.492 e. The lowest BCUT2D eigenvalue weighted by atomic mass is 10.1. The molecule has 0 atom stereocenters. The third kappa shape index (κ3) is 5.21. The second-order valence-corrected chi connectivity index (χ2v) is 4.66. The van der Waals surface area contributed by atoms with Crippen molar-refractivity contribution in [1.29, 1.82) is 0 Å². The van der Waals surface area contributed by atoms with Crippen LogP contribution in [0.2, 0.25) is 0 Å². The molecule has 0 aliphatic rings. The highest BCUT2D eigenvalue weighted by molar-refractivity contribution is 5.70. The molecule has 0 heterocycles. The normalized spacial score (nSPS) is 10.5. The number of rotatable bonds is 9. The van der Waals surface area contributed by atoms with Gasteiger partial charge in [0.1, 0.15) is 12.4 Å². The van der Waals surface area contributed by atoms with E-state index in [1.807, 2.05) is 43.3 Å². The molecule has 3 nitrogen and oxygen atoms in total. The van der Waals surface area contributed by atoms with Gasteiger partial charge in [-0.05, 0) is 18.6 Å². The molecule has 0 aromatic heterocycles. The maximum atomic E-state index is 5.89. The largest absolute Gasteiger partial charge is 0.492 e. The number of benzene rings is 2. The molecule has 2 aromatic rings. The maximum absolute atomic E-state index is 5.89. The smallest absolute Gasteiger partial charge is 0.127 e. The van der Waals surface area contributed by atoms with Gasteiger partial charge in [-0.2, -0.15) is 0 Å². The van der Waals surface area contributed by atoms with Gasteiger partial charge in [0.25, 0.3) is 0 Å². The third-order valence-electron chi connectivity index (χ3n) is 3.14. The summed E-state index contributed by atoms with van der Waals surface area (Å²) in [5.74, 6) is 0.926. The van der Waals surface area contributed by atoms with Crippen molar-refractivity contribution in [1.82, 2.24) is 5.32 Å². The average Bonchev–Trinajstić information content (AvgIpc) is 2.55. The van der Waals surface area contributed by atoms with Gasteiger partial charge in [0, 0.05) is 25.3 Å². The Kier molecular flexibility index (Phi) is 6.78. The summed E-state index contributed by atoms with van der Waals surface area (Å²) in [5, 5.41) is 3.30. The predicted octanol–water partition coefficient (Wildman–Crippen LogP) is 3.36. The Labute approximate surface area is 126 Å². The molecule has 0 bridgehead atoms. The molecule has 0 aliphatic heterocycles. The Balaban J connectivity index is 1.84. The summed E-state index contributed by atoms with van der Waals surface area (Å²) < 4.78 is 11.2. The van der Waals surface area contributed by atoms with Crippen LogP contribution in [0.3, 0.4) is 0 Å². The maximum Gasteiger partial charge on any atom is 0.127 e. The molecule has 0 amide bonds. The summed E-state index contributed by atoms with van der Waals surface area (Å²) >= 11 is 0. The molecule has 0 radical (unpaired) electrons. The summed E-state index contributed by atoms with van der Waals surface area (Å²) in [6.45, 7) is 5.84. The monoisotopic (exact) mass is 285 g/mol. The summed E-state index contributed by atoms with van der Waals surface area (Å²) in [6, 6.07) is 18.5. The summed E-state index contributed by atoms with van der Waals surface area (Å²) in [5.41, 5.74) is 2.31. The molecule has 21 heavy (non-hydrogen) atoms. The number of hydrogen-bond acceptors (Lipinski definition) is 3. The van der Waals surface area contributed by atoms with Crippen LogP contribution in [0.4, 0.5) is 0 Å². The second kappa shape index (κ2) is 9.16. The van der Waals surface area contributed by atoms with Crippen molar-refractivity contribution in [3.63, 3.8) is 0 Å². The molecule has 0 spiro atoms. The van der Waals surface area contributed by atoms with Gasteiger partial charge >= 0.3 is 0 Å². The van der Waals surface area contributed by atoms with Crippen LogP contribution in [-0.4, -0.2) is 32.9 Å². The van der Waals surface area contributed by atoms with E-state index in [9.17, 15) is 0 Å². The van der Waals surface area contributed by atoms with E-state index in [4.69, 9.17) is 9.47 Å². The molecule has 112 valence electrons. The van der Waals surface area contributed by atoms with E-state index in [1.54, 1.807) is 0 Å². The van der Waals surface area contributed by atoms with Crippen molar-refractivity contribution in [2.75, 3.05) is 32.9 Å². The first kappa shape index (κ1) is 15.5. The van der Waals surface area contributed by atoms with Crippen molar-refractivity contribution in [2.24, 2.45) is 0 Å². The molecule has 2 rings (SSSR count). The van der Waals surface area contributed by atoms with E-state index in [0.717, 1.165) is 37.6 Å².